The van der Waals surface area contributed by atoms with Crippen molar-refractivity contribution in [2.75, 3.05) is 0 Å². The molecule has 3 aromatic rings. The van der Waals surface area contributed by atoms with Crippen molar-refractivity contribution in [3.05, 3.63) is 64.5 Å². The Kier molecular flexibility index (Phi) is 5.47. The Bertz CT molecular complexity index is 1090. The van der Waals surface area contributed by atoms with Crippen molar-refractivity contribution in [2.24, 2.45) is 0 Å². The topological polar surface area (TPSA) is 109 Å². The van der Waals surface area contributed by atoms with Crippen molar-refractivity contribution in [2.45, 2.75) is 19.1 Å². The minimum atomic E-state index is -4.65. The zero-order chi connectivity index (χ0) is 21.2. The number of nitrogens with zero attached hydrogens (tertiary/aromatic N) is 6. The number of carbonyl (C=O) groups excluding carboxylic acids is 1. The SMILES string of the molecule is C[C@@H](NC(=O)c1cc(Cl)cc(C(F)(F)F)c1)c1nc(C#N)nn1-c1ncccn1. The fourth-order valence-electron chi connectivity index (χ4n) is 2.43. The van der Waals surface area contributed by atoms with Gasteiger partial charge in [0.1, 0.15) is 6.07 Å². The van der Waals surface area contributed by atoms with Crippen molar-refractivity contribution in [3.63, 3.8) is 0 Å². The van der Waals surface area contributed by atoms with Crippen molar-refractivity contribution in [1.29, 1.82) is 5.26 Å². The third-order valence-corrected chi connectivity index (χ3v) is 3.91. The van der Waals surface area contributed by atoms with Crippen LogP contribution in [0.25, 0.3) is 5.95 Å². The zero-order valence-corrected chi connectivity index (χ0v) is 15.4. The summed E-state index contributed by atoms with van der Waals surface area (Å²) >= 11 is 5.72. The Morgan fingerprint density at radius 3 is 2.59 bits per heavy atom. The van der Waals surface area contributed by atoms with Crippen molar-refractivity contribution in [3.8, 4) is 12.0 Å². The van der Waals surface area contributed by atoms with E-state index in [1.807, 2.05) is 0 Å². The van der Waals surface area contributed by atoms with E-state index < -0.39 is 23.7 Å². The third-order valence-electron chi connectivity index (χ3n) is 3.70. The maximum atomic E-state index is 13.0. The first-order valence-corrected chi connectivity index (χ1v) is 8.40. The highest BCUT2D eigenvalue weighted by atomic mass is 35.5. The van der Waals surface area contributed by atoms with Crippen LogP contribution in [0.4, 0.5) is 13.2 Å². The fourth-order valence-corrected chi connectivity index (χ4v) is 2.66. The van der Waals surface area contributed by atoms with E-state index >= 15 is 0 Å². The number of alkyl halides is 3. The summed E-state index contributed by atoms with van der Waals surface area (Å²) in [5.74, 6) is -0.762. The summed E-state index contributed by atoms with van der Waals surface area (Å²) in [6.07, 6.45) is -1.75. The summed E-state index contributed by atoms with van der Waals surface area (Å²) in [5, 5.41) is 15.3. The number of rotatable bonds is 4. The van der Waals surface area contributed by atoms with Crippen LogP contribution in [0.3, 0.4) is 0 Å². The first kappa shape index (κ1) is 20.2. The number of halogens is 4. The van der Waals surface area contributed by atoms with Gasteiger partial charge in [0.05, 0.1) is 11.6 Å². The monoisotopic (exact) mass is 421 g/mol. The predicted octanol–water partition coefficient (Wildman–Crippen LogP) is 3.09. The second-order valence-corrected chi connectivity index (χ2v) is 6.22. The summed E-state index contributed by atoms with van der Waals surface area (Å²) < 4.78 is 40.1. The largest absolute Gasteiger partial charge is 0.416 e. The van der Waals surface area contributed by atoms with Gasteiger partial charge >= 0.3 is 6.18 Å². The van der Waals surface area contributed by atoms with Gasteiger partial charge in [0.25, 0.3) is 17.7 Å². The van der Waals surface area contributed by atoms with E-state index in [0.717, 1.165) is 12.1 Å². The summed E-state index contributed by atoms with van der Waals surface area (Å²) in [5.41, 5.74) is -1.32. The van der Waals surface area contributed by atoms with Gasteiger partial charge in [-0.3, -0.25) is 4.79 Å². The van der Waals surface area contributed by atoms with Crippen molar-refractivity contribution >= 4 is 17.5 Å². The molecule has 12 heteroatoms. The highest BCUT2D eigenvalue weighted by Gasteiger charge is 2.32. The molecule has 0 aliphatic heterocycles. The average Bonchev–Trinajstić information content (AvgIpc) is 3.12. The molecule has 0 aliphatic carbocycles. The van der Waals surface area contributed by atoms with Gasteiger partial charge in [-0.2, -0.15) is 28.1 Å². The van der Waals surface area contributed by atoms with E-state index in [9.17, 15) is 18.0 Å². The van der Waals surface area contributed by atoms with E-state index in [0.29, 0.717) is 6.07 Å². The molecule has 29 heavy (non-hydrogen) atoms. The average molecular weight is 422 g/mol. The van der Waals surface area contributed by atoms with Gasteiger partial charge in [-0.15, -0.1) is 5.10 Å². The molecule has 0 unspecified atom stereocenters. The molecular formula is C17H11ClF3N7O. The van der Waals surface area contributed by atoms with Crippen LogP contribution in [-0.2, 0) is 6.18 Å². The van der Waals surface area contributed by atoms with E-state index in [-0.39, 0.29) is 28.2 Å². The lowest BCUT2D eigenvalue weighted by atomic mass is 10.1. The van der Waals surface area contributed by atoms with E-state index in [2.05, 4.69) is 25.4 Å². The van der Waals surface area contributed by atoms with Gasteiger partial charge in [0, 0.05) is 23.0 Å². The van der Waals surface area contributed by atoms with Gasteiger partial charge in [0.2, 0.25) is 0 Å². The molecule has 0 aliphatic rings. The normalized spacial score (nSPS) is 12.3. The molecule has 2 heterocycles. The van der Waals surface area contributed by atoms with Crippen LogP contribution in [0.15, 0.2) is 36.7 Å². The molecule has 1 N–H and O–H groups in total. The summed E-state index contributed by atoms with van der Waals surface area (Å²) in [4.78, 5) is 24.5. The lowest BCUT2D eigenvalue weighted by Gasteiger charge is -2.15. The van der Waals surface area contributed by atoms with Crippen LogP contribution in [0, 0.1) is 11.3 Å². The smallest absolute Gasteiger partial charge is 0.342 e. The van der Waals surface area contributed by atoms with Gasteiger partial charge in [-0.1, -0.05) is 11.6 Å². The molecule has 3 rings (SSSR count). The minimum absolute atomic E-state index is 0.111. The molecule has 0 saturated heterocycles. The number of hydrogen-bond donors (Lipinski definition) is 1. The number of nitrogens with one attached hydrogen (secondary N) is 1. The Labute approximate surface area is 167 Å². The van der Waals surface area contributed by atoms with E-state index in [1.54, 1.807) is 12.1 Å². The third kappa shape index (κ3) is 4.49. The number of benzene rings is 1. The molecule has 148 valence electrons. The Morgan fingerprint density at radius 2 is 1.97 bits per heavy atom. The van der Waals surface area contributed by atoms with Crippen LogP contribution in [0.2, 0.25) is 5.02 Å². The molecule has 0 radical (unpaired) electrons. The molecule has 2 aromatic heterocycles. The second-order valence-electron chi connectivity index (χ2n) is 5.79. The van der Waals surface area contributed by atoms with Crippen molar-refractivity contribution in [1.82, 2.24) is 30.0 Å². The Morgan fingerprint density at radius 1 is 1.28 bits per heavy atom. The highest BCUT2D eigenvalue weighted by Crippen LogP contribution is 2.32. The lowest BCUT2D eigenvalue weighted by molar-refractivity contribution is -0.137. The molecule has 1 amide bonds. The highest BCUT2D eigenvalue weighted by molar-refractivity contribution is 6.31. The van der Waals surface area contributed by atoms with Crippen LogP contribution >= 0.6 is 11.6 Å². The minimum Gasteiger partial charge on any atom is -0.342 e. The number of amides is 1. The van der Waals surface area contributed by atoms with Gasteiger partial charge < -0.3 is 5.32 Å². The number of nitriles is 1. The molecule has 0 bridgehead atoms. The zero-order valence-electron chi connectivity index (χ0n) is 14.6. The molecule has 0 spiro atoms. The molecule has 0 fully saturated rings. The number of carbonyl (C=O) groups is 1. The number of hydrogen-bond acceptors (Lipinski definition) is 6. The first-order chi connectivity index (χ1) is 13.7. The molecule has 8 nitrogen and oxygen atoms in total. The standard InChI is InChI=1S/C17H11ClF3N7O/c1-9(14-26-13(8-22)27-28(14)16-23-3-2-4-24-16)25-15(29)10-5-11(17(19,20)21)7-12(18)6-10/h2-7,9H,1H3,(H,25,29)/t9-/m1/s1. The molecule has 1 aromatic carbocycles. The number of aromatic nitrogens is 5. The Balaban J connectivity index is 1.91. The molecule has 1 atom stereocenters. The maximum Gasteiger partial charge on any atom is 0.416 e. The lowest BCUT2D eigenvalue weighted by Crippen LogP contribution is -2.29. The molecule has 0 saturated carbocycles. The summed E-state index contributed by atoms with van der Waals surface area (Å²) in [6, 6.07) is 5.05. The van der Waals surface area contributed by atoms with E-state index in [4.69, 9.17) is 16.9 Å². The summed E-state index contributed by atoms with van der Waals surface area (Å²) in [6.45, 7) is 1.53. The van der Waals surface area contributed by atoms with Crippen molar-refractivity contribution < 1.29 is 18.0 Å². The van der Waals surface area contributed by atoms with Gasteiger partial charge in [-0.05, 0) is 31.2 Å². The predicted molar refractivity (Wildman–Crippen MR) is 94.0 cm³/mol. The van der Waals surface area contributed by atoms with Crippen LogP contribution in [0.1, 0.15) is 40.5 Å². The maximum absolute atomic E-state index is 13.0. The van der Waals surface area contributed by atoms with Crippen LogP contribution in [-0.4, -0.2) is 30.6 Å². The summed E-state index contributed by atoms with van der Waals surface area (Å²) in [7, 11) is 0. The van der Waals surface area contributed by atoms with E-state index in [1.165, 1.54) is 24.0 Å². The van der Waals surface area contributed by atoms with Crippen LogP contribution in [0.5, 0.6) is 0 Å². The fraction of sp³-hybridized carbons (Fsp3) is 0.176. The molecular weight excluding hydrogens is 411 g/mol. The van der Waals surface area contributed by atoms with Gasteiger partial charge in [0.15, 0.2) is 5.82 Å². The van der Waals surface area contributed by atoms with Crippen LogP contribution < -0.4 is 5.32 Å². The quantitative estimate of drug-likeness (QED) is 0.693. The second kappa shape index (κ2) is 7.84. The first-order valence-electron chi connectivity index (χ1n) is 8.02. The van der Waals surface area contributed by atoms with Gasteiger partial charge in [-0.25, -0.2) is 9.97 Å². The Hall–Kier alpha value is -3.52.